The molecule has 3 heterocycles. The van der Waals surface area contributed by atoms with Gasteiger partial charge in [0.2, 0.25) is 21.8 Å². The van der Waals surface area contributed by atoms with E-state index in [1.165, 1.54) is 28.4 Å². The molecule has 0 aromatic carbocycles. The van der Waals surface area contributed by atoms with Crippen LogP contribution in [0.5, 0.6) is 0 Å². The van der Waals surface area contributed by atoms with Crippen LogP contribution < -0.4 is 5.32 Å². The third-order valence-electron chi connectivity index (χ3n) is 4.30. The number of aryl methyl sites for hydroxylation is 2. The van der Waals surface area contributed by atoms with Crippen molar-refractivity contribution < 1.29 is 17.7 Å². The third-order valence-corrected chi connectivity index (χ3v) is 6.09. The molecule has 0 unspecified atom stereocenters. The molecule has 0 radical (unpaired) electrons. The normalized spacial score (nSPS) is 21.6. The first kappa shape index (κ1) is 17.5. The van der Waals surface area contributed by atoms with Gasteiger partial charge < -0.3 is 9.84 Å². The molecular weight excluding hydrogens is 348 g/mol. The lowest BCUT2D eigenvalue weighted by Gasteiger charge is -2.14. The molecule has 1 amide bonds. The smallest absolute Gasteiger partial charge is 0.246 e. The maximum absolute atomic E-state index is 12.9. The fourth-order valence-corrected chi connectivity index (χ4v) is 4.38. The quantitative estimate of drug-likeness (QED) is 0.771. The van der Waals surface area contributed by atoms with Gasteiger partial charge in [-0.2, -0.15) is 14.4 Å². The van der Waals surface area contributed by atoms with E-state index < -0.39 is 21.9 Å². The average molecular weight is 368 g/mol. The number of hydrogen-bond acceptors (Lipinski definition) is 7. The van der Waals surface area contributed by atoms with Crippen LogP contribution in [0.3, 0.4) is 0 Å². The monoisotopic (exact) mass is 368 g/mol. The van der Waals surface area contributed by atoms with Gasteiger partial charge in [0.05, 0.1) is 18.0 Å². The molecule has 0 spiro atoms. The molecule has 136 valence electrons. The molecule has 2 atom stereocenters. The van der Waals surface area contributed by atoms with Crippen LogP contribution in [0.25, 0.3) is 0 Å². The zero-order valence-electron chi connectivity index (χ0n) is 14.2. The van der Waals surface area contributed by atoms with Crippen LogP contribution in [0, 0.1) is 12.8 Å². The van der Waals surface area contributed by atoms with E-state index in [1.54, 1.807) is 6.92 Å². The minimum Gasteiger partial charge on any atom is -0.359 e. The Labute approximate surface area is 145 Å². The van der Waals surface area contributed by atoms with Crippen LogP contribution in [-0.2, 0) is 21.4 Å². The van der Waals surface area contributed by atoms with Gasteiger partial charge in [-0.05, 0) is 13.8 Å². The van der Waals surface area contributed by atoms with Crippen LogP contribution >= 0.6 is 0 Å². The van der Waals surface area contributed by atoms with Gasteiger partial charge in [0.15, 0.2) is 5.82 Å². The van der Waals surface area contributed by atoms with E-state index in [0.29, 0.717) is 12.4 Å². The summed E-state index contributed by atoms with van der Waals surface area (Å²) < 4.78 is 33.7. The van der Waals surface area contributed by atoms with Gasteiger partial charge in [0, 0.05) is 32.9 Å². The molecule has 1 aliphatic heterocycles. The maximum atomic E-state index is 12.9. The number of nitrogens with one attached hydrogen (secondary N) is 1. The van der Waals surface area contributed by atoms with Crippen molar-refractivity contribution in [3.63, 3.8) is 0 Å². The number of sulfonamides is 1. The Hall–Kier alpha value is -2.27. The molecule has 1 fully saturated rings. The second-order valence-corrected chi connectivity index (χ2v) is 7.80. The summed E-state index contributed by atoms with van der Waals surface area (Å²) >= 11 is 0. The van der Waals surface area contributed by atoms with Gasteiger partial charge in [-0.1, -0.05) is 5.16 Å². The Balaban J connectivity index is 1.92. The fraction of sp³-hybridized carbons (Fsp3) is 0.571. The highest BCUT2D eigenvalue weighted by atomic mass is 32.2. The Kier molecular flexibility index (Phi) is 4.60. The molecular formula is C14H20N6O4S. The molecule has 11 heteroatoms. The van der Waals surface area contributed by atoms with Crippen molar-refractivity contribution in [1.82, 2.24) is 29.5 Å². The second kappa shape index (κ2) is 6.56. The molecule has 3 rings (SSSR count). The van der Waals surface area contributed by atoms with E-state index in [4.69, 9.17) is 4.52 Å². The van der Waals surface area contributed by atoms with Crippen molar-refractivity contribution in [2.75, 3.05) is 20.1 Å². The minimum absolute atomic E-state index is 0.0470. The van der Waals surface area contributed by atoms with E-state index in [1.807, 2.05) is 6.92 Å². The first-order valence-electron chi connectivity index (χ1n) is 7.91. The first-order valence-corrected chi connectivity index (χ1v) is 9.35. The van der Waals surface area contributed by atoms with Gasteiger partial charge in [-0.3, -0.25) is 9.48 Å². The molecule has 2 aromatic heterocycles. The molecule has 1 saturated heterocycles. The van der Waals surface area contributed by atoms with E-state index >= 15 is 0 Å². The zero-order valence-corrected chi connectivity index (χ0v) is 15.0. The summed E-state index contributed by atoms with van der Waals surface area (Å²) in [7, 11) is -2.24. The summed E-state index contributed by atoms with van der Waals surface area (Å²) in [6, 6.07) is 0. The summed E-state index contributed by atoms with van der Waals surface area (Å²) in [6.07, 6.45) is 2.80. The van der Waals surface area contributed by atoms with Crippen molar-refractivity contribution in [3.05, 3.63) is 24.1 Å². The third kappa shape index (κ3) is 3.16. The van der Waals surface area contributed by atoms with E-state index in [9.17, 15) is 13.2 Å². The Morgan fingerprint density at radius 2 is 2.20 bits per heavy atom. The van der Waals surface area contributed by atoms with Crippen LogP contribution in [0.1, 0.15) is 24.6 Å². The van der Waals surface area contributed by atoms with Crippen molar-refractivity contribution in [2.45, 2.75) is 31.2 Å². The summed E-state index contributed by atoms with van der Waals surface area (Å²) in [5.74, 6) is -0.634. The number of carbonyl (C=O) groups excluding carboxylic acids is 1. The lowest BCUT2D eigenvalue weighted by molar-refractivity contribution is -0.124. The predicted molar refractivity (Wildman–Crippen MR) is 86.0 cm³/mol. The summed E-state index contributed by atoms with van der Waals surface area (Å²) in [6.45, 7) is 4.25. The minimum atomic E-state index is -3.76. The van der Waals surface area contributed by atoms with Crippen molar-refractivity contribution in [2.24, 2.45) is 5.92 Å². The largest absolute Gasteiger partial charge is 0.359 e. The first-order chi connectivity index (χ1) is 11.9. The fourth-order valence-electron chi connectivity index (χ4n) is 2.93. The Bertz CT molecular complexity index is 874. The highest BCUT2D eigenvalue weighted by molar-refractivity contribution is 7.89. The Morgan fingerprint density at radius 1 is 1.44 bits per heavy atom. The molecule has 1 aliphatic rings. The number of amides is 1. The van der Waals surface area contributed by atoms with E-state index in [-0.39, 0.29) is 29.8 Å². The average Bonchev–Trinajstić information content (AvgIpc) is 3.32. The van der Waals surface area contributed by atoms with Crippen molar-refractivity contribution in [1.29, 1.82) is 0 Å². The zero-order chi connectivity index (χ0) is 18.2. The molecule has 10 nitrogen and oxygen atoms in total. The van der Waals surface area contributed by atoms with Gasteiger partial charge in [0.25, 0.3) is 0 Å². The number of nitrogens with zero attached hydrogens (tertiary/aromatic N) is 5. The van der Waals surface area contributed by atoms with Gasteiger partial charge in [-0.15, -0.1) is 0 Å². The van der Waals surface area contributed by atoms with Crippen LogP contribution in [0.2, 0.25) is 0 Å². The summed E-state index contributed by atoms with van der Waals surface area (Å²) in [4.78, 5) is 16.5. The molecule has 0 saturated carbocycles. The number of rotatable bonds is 5. The van der Waals surface area contributed by atoms with Gasteiger partial charge in [-0.25, -0.2) is 8.42 Å². The molecule has 25 heavy (non-hydrogen) atoms. The molecule has 1 N–H and O–H groups in total. The standard InChI is InChI=1S/C14H20N6O4S/c1-4-19-6-10(5-16-19)25(22,23)20-7-11(13(21)15-3)12(8-20)14-17-9(2)18-24-14/h5-6,11-12H,4,7-8H2,1-3H3,(H,15,21)/t11-,12-/m1/s1. The Morgan fingerprint density at radius 3 is 2.76 bits per heavy atom. The predicted octanol–water partition coefficient (Wildman–Crippen LogP) is -0.255. The van der Waals surface area contributed by atoms with E-state index in [2.05, 4.69) is 20.6 Å². The van der Waals surface area contributed by atoms with Gasteiger partial charge >= 0.3 is 0 Å². The summed E-state index contributed by atoms with van der Waals surface area (Å²) in [5.41, 5.74) is 0. The van der Waals surface area contributed by atoms with Crippen LogP contribution in [0.4, 0.5) is 0 Å². The highest BCUT2D eigenvalue weighted by Gasteiger charge is 2.46. The van der Waals surface area contributed by atoms with Crippen LogP contribution in [0.15, 0.2) is 21.8 Å². The number of aromatic nitrogens is 4. The highest BCUT2D eigenvalue weighted by Crippen LogP contribution is 2.35. The van der Waals surface area contributed by atoms with Gasteiger partial charge in [0.1, 0.15) is 4.90 Å². The molecule has 0 bridgehead atoms. The van der Waals surface area contributed by atoms with E-state index in [0.717, 1.165) is 0 Å². The van der Waals surface area contributed by atoms with Crippen molar-refractivity contribution >= 4 is 15.9 Å². The second-order valence-electron chi connectivity index (χ2n) is 5.86. The molecule has 0 aliphatic carbocycles. The number of carbonyl (C=O) groups is 1. The van der Waals surface area contributed by atoms with Crippen molar-refractivity contribution in [3.8, 4) is 0 Å². The lowest BCUT2D eigenvalue weighted by Crippen LogP contribution is -2.33. The maximum Gasteiger partial charge on any atom is 0.246 e. The lowest BCUT2D eigenvalue weighted by atomic mass is 9.95. The number of hydrogen-bond donors (Lipinski definition) is 1. The molecule has 2 aromatic rings. The SMILES string of the molecule is CCn1cc(S(=O)(=O)N2C[C@@H](C(=O)NC)[C@H](c3nc(C)no3)C2)cn1. The topological polar surface area (TPSA) is 123 Å². The summed E-state index contributed by atoms with van der Waals surface area (Å²) in [5, 5.41) is 10.3. The van der Waals surface area contributed by atoms with Crippen LogP contribution in [-0.4, -0.2) is 58.7 Å².